The number of fused-ring (bicyclic) bond motifs is 20. The Morgan fingerprint density at radius 3 is 1.08 bits per heavy atom. The molecule has 52 unspecified atom stereocenters. The highest BCUT2D eigenvalue weighted by Gasteiger charge is 2.89. The van der Waals surface area contributed by atoms with Crippen LogP contribution in [0.2, 0.25) is 0 Å². The zero-order valence-electron chi connectivity index (χ0n) is 80.1. The predicted octanol–water partition coefficient (Wildman–Crippen LogP) is 30.3. The average molecular weight is 1720 g/mol. The fraction of sp³-hybridized carbons (Fsp3) is 0.725. The minimum Gasteiger partial charge on any atom is -0.0654 e. The smallest absolute Gasteiger partial charge is 0.00465 e. The third-order valence-electron chi connectivity index (χ3n) is 59.7. The highest BCUT2D eigenvalue weighted by molar-refractivity contribution is 5.95. The summed E-state index contributed by atoms with van der Waals surface area (Å²) < 4.78 is 0. The van der Waals surface area contributed by atoms with E-state index in [4.69, 9.17) is 0 Å². The van der Waals surface area contributed by atoms with Gasteiger partial charge in [-0.1, -0.05) is 160 Å². The standard InChI is InChI=1S/C131H146/c1-9-11-13-75-82-46(5)47(6)83-76(14-12-10-2)86-49(8)84-56-24-25-57-60-29-32-68-70-38-40-74-72-36-34-65-62-26-23-54-53-19-22-55-58-27-30-66-67-31-28-59(56)94(86)100(67)112(83)111(82)99(66)93(58)85(75)48(7)81(55)78(53)43-80-90(54)96(62)116-114-91(80)77-16-15-44(3)51-17-20-61-64-33-35-71-73-39-37-69-63-21-18-52-45(4)41-50-42-79(89(57)84)110-97(60)101(68)118-122-105(70)109(74)126-124-107(72)103(65)120(116)128-119(115(114)95(61)88(51)77)102(64)106(71)123(130(124)128)125-108(73)104(69)121(129(122)131(125)126)117-98(63)92(52)87(50)113(110)127(117)118/h19,22,24-25,27-32,38,40,44-52,54,61-65,69,71-73,75-77,79-80,82-83,85-88,90-92,95-96,98,102-104,106-108,110-131H,9-18,20-21,23,26,33-37,39,41-43H2,1-8H3/t44?,45?,46?,47?,48?,49?,50?,51-,52+,54-,61+,62-,63-,64-,65+,69+,71+,72-,73-,75?,76?,77?,79?,80?,82?,83?,85?,86?,87?,88?,90?,91?,92?,95?,96?,98?,102?,103?,104?,106?,107?,108?,110?,111?,112?,113?,114?,115?,116?,117?,118?,119?,120?,121?,122?,123?,124?,125?,126?,127?,128?,129?,130?,131?/m0/s1. The predicted molar refractivity (Wildman–Crippen MR) is 518 cm³/mol. The molecule has 0 heterocycles. The van der Waals surface area contributed by atoms with Crippen molar-refractivity contribution in [1.82, 2.24) is 0 Å². The molecule has 0 N–H and O–H groups in total. The molecule has 0 amide bonds. The molecule has 0 aliphatic heterocycles. The maximum Gasteiger partial charge on any atom is -0.00465 e. The maximum atomic E-state index is 3.16. The van der Waals surface area contributed by atoms with Crippen molar-refractivity contribution in [2.75, 3.05) is 0 Å². The Balaban J connectivity index is 0.642. The van der Waals surface area contributed by atoms with E-state index >= 15 is 0 Å². The van der Waals surface area contributed by atoms with E-state index in [0.29, 0.717) is 71.0 Å². The van der Waals surface area contributed by atoms with Crippen LogP contribution in [0.3, 0.4) is 0 Å². The van der Waals surface area contributed by atoms with Gasteiger partial charge in [0.15, 0.2) is 0 Å². The zero-order valence-corrected chi connectivity index (χ0v) is 80.1. The first-order valence-corrected chi connectivity index (χ1v) is 59.6. The fourth-order valence-corrected chi connectivity index (χ4v) is 60.4. The van der Waals surface area contributed by atoms with Crippen molar-refractivity contribution in [3.63, 3.8) is 0 Å². The van der Waals surface area contributed by atoms with Crippen LogP contribution in [0.25, 0.3) is 55.6 Å². The van der Waals surface area contributed by atoms with E-state index in [1.54, 1.807) is 135 Å². The van der Waals surface area contributed by atoms with Gasteiger partial charge in [0.1, 0.15) is 0 Å². The lowest BCUT2D eigenvalue weighted by atomic mass is 9.16. The minimum absolute atomic E-state index is 0.506. The summed E-state index contributed by atoms with van der Waals surface area (Å²) in [6.07, 6.45) is 35.8. The van der Waals surface area contributed by atoms with E-state index in [1.807, 2.05) is 61.2 Å². The summed E-state index contributed by atoms with van der Waals surface area (Å²) in [7, 11) is 0. The van der Waals surface area contributed by atoms with Crippen molar-refractivity contribution in [1.29, 1.82) is 0 Å². The topological polar surface area (TPSA) is 0 Å². The van der Waals surface area contributed by atoms with Gasteiger partial charge in [-0.2, -0.15) is 0 Å². The highest BCUT2D eigenvalue weighted by atomic mass is 14.9. The minimum atomic E-state index is 0.506. The van der Waals surface area contributed by atoms with Gasteiger partial charge in [-0.05, 0) is 628 Å². The van der Waals surface area contributed by atoms with Gasteiger partial charge in [0, 0.05) is 0 Å². The largest absolute Gasteiger partial charge is 0.0654 e. The summed E-state index contributed by atoms with van der Waals surface area (Å²) in [6.45, 7) is 23.1. The van der Waals surface area contributed by atoms with Crippen LogP contribution in [0, 0.1) is 302 Å². The van der Waals surface area contributed by atoms with Crippen LogP contribution in [-0.2, 0) is 6.42 Å². The van der Waals surface area contributed by atoms with E-state index in [0.717, 1.165) is 308 Å². The Labute approximate surface area is 782 Å². The monoisotopic (exact) mass is 1720 g/mol. The van der Waals surface area contributed by atoms with Gasteiger partial charge in [0.05, 0.1) is 0 Å². The second-order valence-corrected chi connectivity index (χ2v) is 58.9. The van der Waals surface area contributed by atoms with Crippen LogP contribution in [0.15, 0.2) is 72.8 Å². The van der Waals surface area contributed by atoms with Gasteiger partial charge in [0.25, 0.3) is 0 Å². The Morgan fingerprint density at radius 2 is 0.550 bits per heavy atom. The van der Waals surface area contributed by atoms with Gasteiger partial charge < -0.3 is 0 Å². The van der Waals surface area contributed by atoms with Crippen molar-refractivity contribution in [2.24, 2.45) is 302 Å². The Kier molecular flexibility index (Phi) is 12.2. The Morgan fingerprint density at radius 1 is 0.214 bits per heavy atom. The molecule has 0 heteroatoms. The van der Waals surface area contributed by atoms with E-state index in [1.165, 1.54) is 51.4 Å². The van der Waals surface area contributed by atoms with E-state index in [-0.39, 0.29) is 0 Å². The number of hydrogen-bond acceptors (Lipinski definition) is 0. The first-order valence-electron chi connectivity index (χ1n) is 59.6. The fourth-order valence-electron chi connectivity index (χ4n) is 60.4. The molecule has 34 aliphatic carbocycles. The molecule has 34 aliphatic rings. The molecule has 0 radical (unpaired) electrons. The summed E-state index contributed by atoms with van der Waals surface area (Å²) in [5, 5.41) is 0. The molecule has 23 fully saturated rings. The number of rotatable bonds is 6. The number of unbranched alkanes of at least 4 members (excludes halogenated alkanes) is 2. The van der Waals surface area contributed by atoms with Crippen LogP contribution in [0.5, 0.6) is 0 Å². The first-order chi connectivity index (χ1) is 64.6. The SMILES string of the molecule is CCCCC1C2c3c4ccc5c3C3C6c7c-5ccc5c7C(C(C)c7c-5ccc5c7C7CC8CC(C)[C@H]9CC[C@@H]%10C%11C%12C%13C%14c%15c(ccc-5c%15C7C%13C8C%119)-c5ccc7c8c5C%14C5C9C8C8C%11C%13C%14C%15C%16C(C%17CCC(C)[C@@H]%18CC[C@@H](C%15C%17%18)[C@@H]%15CC[C@H]%17C(C%11C9C9C(C5%12)[C@@H]%10CC[C@H]9%17)C%14%15)C5Cc9c(ccc-4c9C2C)[C@@H]2CC[C@@H]4C(C%16C%13C9C8[C@H]7CC[C@@H]94)C52)C(CCCC)C6C(C)C(C)C13. The Hall–Kier alpha value is -4.68. The molecule has 0 aromatic heterocycles. The van der Waals surface area contributed by atoms with Gasteiger partial charge in [0.2, 0.25) is 0 Å². The first kappa shape index (κ1) is 71.7. The third kappa shape index (κ3) is 6.83. The molecular formula is C131H146. The van der Waals surface area contributed by atoms with Crippen molar-refractivity contribution in [3.05, 3.63) is 151 Å². The molecule has 670 valence electrons. The van der Waals surface area contributed by atoms with Crippen LogP contribution in [0.4, 0.5) is 0 Å². The molecule has 6 aromatic rings. The van der Waals surface area contributed by atoms with E-state index in [9.17, 15) is 0 Å². The van der Waals surface area contributed by atoms with Crippen LogP contribution in [0.1, 0.15) is 351 Å². The molecule has 64 atom stereocenters. The molecular weight excluding hydrogens is 1570 g/mol. The molecule has 131 heavy (non-hydrogen) atoms. The molecule has 0 spiro atoms. The zero-order chi connectivity index (χ0) is 83.6. The molecule has 6 aromatic carbocycles. The highest BCUT2D eigenvalue weighted by Crippen LogP contribution is 2.96. The van der Waals surface area contributed by atoms with E-state index < -0.39 is 0 Å². The van der Waals surface area contributed by atoms with Crippen molar-refractivity contribution >= 4 is 0 Å². The third-order valence-corrected chi connectivity index (χ3v) is 59.7. The van der Waals surface area contributed by atoms with Crippen molar-refractivity contribution in [3.8, 4) is 55.6 Å². The number of benzene rings is 6. The maximum absolute atomic E-state index is 3.16. The summed E-state index contributed by atoms with van der Waals surface area (Å²) in [5.74, 6) is 58.4. The second-order valence-electron chi connectivity index (χ2n) is 58.9. The van der Waals surface area contributed by atoms with Gasteiger partial charge in [-0.15, -0.1) is 0 Å². The molecule has 40 rings (SSSR count). The molecule has 0 nitrogen and oxygen atoms in total. The summed E-state index contributed by atoms with van der Waals surface area (Å²) in [5.41, 5.74) is 46.5. The van der Waals surface area contributed by atoms with Crippen LogP contribution >= 0.6 is 0 Å². The van der Waals surface area contributed by atoms with E-state index in [2.05, 4.69) is 162 Å². The number of hydrogen-bond donors (Lipinski definition) is 0. The molecule has 23 saturated carbocycles. The van der Waals surface area contributed by atoms with Crippen molar-refractivity contribution in [2.45, 2.75) is 280 Å². The normalized spacial score (nSPS) is 60.6. The summed E-state index contributed by atoms with van der Waals surface area (Å²) in [4.78, 5) is 0. The Bertz CT molecular complexity index is 6430. The van der Waals surface area contributed by atoms with Gasteiger partial charge >= 0.3 is 0 Å². The van der Waals surface area contributed by atoms with Crippen molar-refractivity contribution < 1.29 is 0 Å². The summed E-state index contributed by atoms with van der Waals surface area (Å²) in [6, 6.07) is 36.0. The molecule has 0 saturated heterocycles. The second kappa shape index (κ2) is 22.4. The lowest BCUT2D eigenvalue weighted by Gasteiger charge is -2.88. The quantitative estimate of drug-likeness (QED) is 0.156. The average Bonchev–Trinajstić information content (AvgIpc) is 0.616. The van der Waals surface area contributed by atoms with Crippen LogP contribution < -0.4 is 0 Å². The van der Waals surface area contributed by atoms with Crippen LogP contribution in [-0.4, -0.2) is 0 Å². The summed E-state index contributed by atoms with van der Waals surface area (Å²) >= 11 is 0. The molecule has 0 bridgehead atoms. The lowest BCUT2D eigenvalue weighted by Crippen LogP contribution is -2.83. The van der Waals surface area contributed by atoms with Gasteiger partial charge in [-0.25, -0.2) is 0 Å². The van der Waals surface area contributed by atoms with Gasteiger partial charge in [-0.3, -0.25) is 0 Å². The lowest BCUT2D eigenvalue weighted by molar-refractivity contribution is -0.392.